The maximum atomic E-state index is 13.9. The van der Waals surface area contributed by atoms with Crippen molar-refractivity contribution in [2.24, 2.45) is 5.92 Å². The second-order valence-electron chi connectivity index (χ2n) is 13.9. The third-order valence-electron chi connectivity index (χ3n) is 9.36. The van der Waals surface area contributed by atoms with Crippen molar-refractivity contribution >= 4 is 45.5 Å². The van der Waals surface area contributed by atoms with Crippen LogP contribution in [0.4, 0.5) is 0 Å². The Morgan fingerprint density at radius 2 is 1.62 bits per heavy atom. The van der Waals surface area contributed by atoms with Crippen molar-refractivity contribution in [1.29, 1.82) is 0 Å². The summed E-state index contributed by atoms with van der Waals surface area (Å²) in [5.41, 5.74) is 0.831. The van der Waals surface area contributed by atoms with E-state index in [1.807, 2.05) is 44.2 Å². The Kier molecular flexibility index (Phi) is 13.0. The lowest BCUT2D eigenvalue weighted by Crippen LogP contribution is -2.54. The van der Waals surface area contributed by atoms with Gasteiger partial charge in [0.1, 0.15) is 29.3 Å². The Labute approximate surface area is 319 Å². The summed E-state index contributed by atoms with van der Waals surface area (Å²) in [6, 6.07) is 12.2. The summed E-state index contributed by atoms with van der Waals surface area (Å²) in [7, 11) is -4.12. The van der Waals surface area contributed by atoms with Gasteiger partial charge in [0, 0.05) is 45.4 Å². The lowest BCUT2D eigenvalue weighted by molar-refractivity contribution is -0.133. The highest BCUT2D eigenvalue weighted by molar-refractivity contribution is 7.90. The summed E-state index contributed by atoms with van der Waals surface area (Å²) in [6.07, 6.45) is -0.0685. The standard InChI is InChI=1S/C37H47N9O8S/c1-23(2)33-34-40-25(4)43-45(34)22-31(48)38-17-20-44(32(49)16-19-46-37(52)27-13-8-9-14-29(27)55(46,53)54)18-10-15-30(47)39-24(3)35(50)41-28(36(51)42-33)21-26-11-6-5-7-12-26/h5-9,11-14,23-24,28,33H,10,15-22H2,1-4H3,(H,38,48)(H,39,47)(H,41,50)(H,42,51)/t24-,28+,33-/m0/s1. The van der Waals surface area contributed by atoms with E-state index in [2.05, 4.69) is 31.3 Å². The van der Waals surface area contributed by atoms with Crippen molar-refractivity contribution < 1.29 is 37.2 Å². The van der Waals surface area contributed by atoms with Gasteiger partial charge in [0.25, 0.3) is 15.9 Å². The van der Waals surface area contributed by atoms with Gasteiger partial charge in [0.15, 0.2) is 5.82 Å². The number of aromatic nitrogens is 3. The topological polar surface area (TPSA) is 222 Å². The number of rotatable bonds is 6. The van der Waals surface area contributed by atoms with Gasteiger partial charge >= 0.3 is 0 Å². The molecule has 0 saturated heterocycles. The van der Waals surface area contributed by atoms with Crippen LogP contribution < -0.4 is 21.3 Å². The molecule has 3 atom stereocenters. The van der Waals surface area contributed by atoms with E-state index < -0.39 is 70.1 Å². The van der Waals surface area contributed by atoms with E-state index in [0.717, 1.165) is 5.56 Å². The van der Waals surface area contributed by atoms with E-state index in [1.54, 1.807) is 13.0 Å². The summed E-state index contributed by atoms with van der Waals surface area (Å²) in [5, 5.41) is 15.6. The highest BCUT2D eigenvalue weighted by Crippen LogP contribution is 2.30. The number of amides is 6. The number of fused-ring (bicyclic) bond motifs is 2. The Morgan fingerprint density at radius 3 is 2.33 bits per heavy atom. The van der Waals surface area contributed by atoms with Crippen molar-refractivity contribution in [3.05, 3.63) is 77.4 Å². The van der Waals surface area contributed by atoms with Gasteiger partial charge in [-0.3, -0.25) is 28.8 Å². The van der Waals surface area contributed by atoms with Gasteiger partial charge in [-0.1, -0.05) is 56.3 Å². The molecule has 0 radical (unpaired) electrons. The van der Waals surface area contributed by atoms with Crippen molar-refractivity contribution in [3.63, 3.8) is 0 Å². The van der Waals surface area contributed by atoms with Gasteiger partial charge in [0.05, 0.1) is 11.6 Å². The molecule has 5 rings (SSSR count). The number of benzene rings is 2. The van der Waals surface area contributed by atoms with Gasteiger partial charge in [-0.2, -0.15) is 5.10 Å². The number of sulfonamides is 1. The lowest BCUT2D eigenvalue weighted by Gasteiger charge is -2.27. The molecule has 2 aromatic carbocycles. The SMILES string of the molecule is Cc1nc2n(n1)CC(=O)NCCN(C(=O)CCN1C(=O)c3ccccc3S1(=O)=O)CCCC(=O)N[C@@H](C)C(=O)N[C@H](Cc1ccccc1)C(=O)N[C@H]2C(C)C. The first kappa shape index (κ1) is 40.5. The fraction of sp³-hybridized carbons (Fsp3) is 0.459. The normalized spacial score (nSPS) is 21.5. The second kappa shape index (κ2) is 17.7. The number of carbonyl (C=O) groups excluding carboxylic acids is 6. The molecule has 55 heavy (non-hydrogen) atoms. The number of aryl methyl sites for hydroxylation is 1. The van der Waals surface area contributed by atoms with Crippen LogP contribution in [0.5, 0.6) is 0 Å². The number of carbonyl (C=O) groups is 6. The summed E-state index contributed by atoms with van der Waals surface area (Å²) in [4.78, 5) is 85.7. The molecule has 18 heteroatoms. The minimum atomic E-state index is -4.12. The quantitative estimate of drug-likeness (QED) is 0.273. The third kappa shape index (κ3) is 9.92. The van der Waals surface area contributed by atoms with Crippen LogP contribution in [0.3, 0.4) is 0 Å². The predicted molar refractivity (Wildman–Crippen MR) is 198 cm³/mol. The number of hydrogen-bond donors (Lipinski definition) is 4. The fourth-order valence-electron chi connectivity index (χ4n) is 6.46. The molecule has 1 aromatic heterocycles. The summed E-state index contributed by atoms with van der Waals surface area (Å²) in [6.45, 7) is 6.36. The molecule has 4 N–H and O–H groups in total. The van der Waals surface area contributed by atoms with Crippen molar-refractivity contribution in [2.75, 3.05) is 26.2 Å². The van der Waals surface area contributed by atoms with Crippen LogP contribution >= 0.6 is 0 Å². The molecular formula is C37H47N9O8S. The monoisotopic (exact) mass is 777 g/mol. The molecule has 0 aliphatic carbocycles. The van der Waals surface area contributed by atoms with Crippen LogP contribution in [-0.4, -0.2) is 106 Å². The van der Waals surface area contributed by atoms with Crippen LogP contribution in [0.15, 0.2) is 59.5 Å². The van der Waals surface area contributed by atoms with E-state index in [0.29, 0.717) is 16.0 Å². The zero-order chi connectivity index (χ0) is 39.9. The Morgan fingerprint density at radius 1 is 0.909 bits per heavy atom. The number of hydrogen-bond acceptors (Lipinski definition) is 10. The van der Waals surface area contributed by atoms with Crippen LogP contribution in [0.2, 0.25) is 0 Å². The molecule has 2 aliphatic rings. The summed E-state index contributed by atoms with van der Waals surface area (Å²) >= 11 is 0. The summed E-state index contributed by atoms with van der Waals surface area (Å²) in [5.74, 6) is -2.69. The zero-order valence-corrected chi connectivity index (χ0v) is 32.1. The molecule has 6 amide bonds. The first-order chi connectivity index (χ1) is 26.1. The molecular weight excluding hydrogens is 731 g/mol. The Hall–Kier alpha value is -5.65. The largest absolute Gasteiger partial charge is 0.353 e. The molecule has 0 saturated carbocycles. The van der Waals surface area contributed by atoms with E-state index in [1.165, 1.54) is 34.7 Å². The van der Waals surface area contributed by atoms with Crippen LogP contribution in [0.25, 0.3) is 0 Å². The fourth-order valence-corrected chi connectivity index (χ4v) is 8.03. The molecule has 17 nitrogen and oxygen atoms in total. The maximum absolute atomic E-state index is 13.9. The van der Waals surface area contributed by atoms with E-state index >= 15 is 0 Å². The van der Waals surface area contributed by atoms with Crippen LogP contribution in [-0.2, 0) is 47.0 Å². The van der Waals surface area contributed by atoms with E-state index in [9.17, 15) is 37.2 Å². The van der Waals surface area contributed by atoms with Crippen molar-refractivity contribution in [1.82, 2.24) is 45.2 Å². The molecule has 0 unspecified atom stereocenters. The molecule has 2 aliphatic heterocycles. The Balaban J connectivity index is 1.35. The zero-order valence-electron chi connectivity index (χ0n) is 31.3. The average Bonchev–Trinajstić information content (AvgIpc) is 3.59. The summed E-state index contributed by atoms with van der Waals surface area (Å²) < 4.78 is 28.2. The smallest absolute Gasteiger partial charge is 0.269 e. The first-order valence-corrected chi connectivity index (χ1v) is 19.7. The van der Waals surface area contributed by atoms with Crippen LogP contribution in [0.1, 0.15) is 73.6 Å². The van der Waals surface area contributed by atoms with Gasteiger partial charge in [-0.15, -0.1) is 0 Å². The second-order valence-corrected chi connectivity index (χ2v) is 15.7. The van der Waals surface area contributed by atoms with Crippen molar-refractivity contribution in [3.8, 4) is 0 Å². The highest BCUT2D eigenvalue weighted by Gasteiger charge is 2.41. The lowest BCUT2D eigenvalue weighted by atomic mass is 10.0. The Bertz CT molecular complexity index is 2040. The minimum Gasteiger partial charge on any atom is -0.353 e. The molecule has 0 spiro atoms. The molecule has 0 bridgehead atoms. The molecule has 3 aromatic rings. The predicted octanol–water partition coefficient (Wildman–Crippen LogP) is 0.605. The minimum absolute atomic E-state index is 0.00881. The van der Waals surface area contributed by atoms with Gasteiger partial charge in [-0.25, -0.2) is 22.4 Å². The number of nitrogens with one attached hydrogen (secondary N) is 4. The van der Waals surface area contributed by atoms with E-state index in [-0.39, 0.29) is 68.2 Å². The molecule has 3 heterocycles. The number of nitrogens with zero attached hydrogens (tertiary/aromatic N) is 5. The van der Waals surface area contributed by atoms with E-state index in [4.69, 9.17) is 0 Å². The van der Waals surface area contributed by atoms with Gasteiger partial charge in [0.2, 0.25) is 29.5 Å². The van der Waals surface area contributed by atoms with Gasteiger partial charge in [-0.05, 0) is 43.9 Å². The maximum Gasteiger partial charge on any atom is 0.269 e. The molecule has 294 valence electrons. The third-order valence-corrected chi connectivity index (χ3v) is 11.2. The van der Waals surface area contributed by atoms with Crippen LogP contribution in [0, 0.1) is 12.8 Å². The molecule has 0 fully saturated rings. The first-order valence-electron chi connectivity index (χ1n) is 18.2. The van der Waals surface area contributed by atoms with Crippen molar-refractivity contribution in [2.45, 2.75) is 82.9 Å². The van der Waals surface area contributed by atoms with Gasteiger partial charge < -0.3 is 26.2 Å². The average molecular weight is 778 g/mol. The highest BCUT2D eigenvalue weighted by atomic mass is 32.2.